The average Bonchev–Trinajstić information content (AvgIpc) is 0.784. The quantitative estimate of drug-likeness (QED) is 0.0267. The van der Waals surface area contributed by atoms with Gasteiger partial charge in [0.25, 0.3) is 0 Å². The van der Waals surface area contributed by atoms with E-state index in [9.17, 15) is 73.3 Å². The number of benzene rings is 1. The van der Waals surface area contributed by atoms with E-state index in [1.54, 1.807) is 0 Å². The van der Waals surface area contributed by atoms with Crippen molar-refractivity contribution in [3.05, 3.63) is 34.4 Å². The Hall–Kier alpha value is -3.58. The highest BCUT2D eigenvalue weighted by Crippen LogP contribution is 2.25. The summed E-state index contributed by atoms with van der Waals surface area (Å²) in [5.74, 6) is -6.29. The fraction of sp³-hybridized carbons (Fsp3) is 0.884. The first-order valence-corrected chi connectivity index (χ1v) is 50.9. The van der Waals surface area contributed by atoms with Crippen LogP contribution >= 0.6 is 0 Å². The molecule has 32 heteroatoms. The number of ether oxygens (including phenoxy) is 4. The lowest BCUT2D eigenvalue weighted by Crippen LogP contribution is -2.29. The van der Waals surface area contributed by atoms with Crippen molar-refractivity contribution >= 4 is 65.5 Å². The molecule has 4 atom stereocenters. The van der Waals surface area contributed by atoms with Crippen molar-refractivity contribution < 1.29 is 126 Å². The van der Waals surface area contributed by atoms with E-state index in [4.69, 9.17) is 52.4 Å². The Morgan fingerprint density at radius 3 is 0.475 bits per heavy atom. The monoisotopic (exact) mass is 1770 g/mol. The van der Waals surface area contributed by atoms with Gasteiger partial charge in [0.2, 0.25) is 0 Å². The Labute approximate surface area is 712 Å². The molecule has 0 aliphatic carbocycles. The van der Waals surface area contributed by atoms with Crippen LogP contribution in [0, 0.1) is 0 Å². The predicted molar refractivity (Wildman–Crippen MR) is 456 cm³/mol. The van der Waals surface area contributed by atoms with Crippen molar-refractivity contribution in [2.24, 2.45) is 0 Å². The lowest BCUT2D eigenvalue weighted by atomic mass is 9.97. The van der Waals surface area contributed by atoms with Gasteiger partial charge in [-0.15, -0.1) is 0 Å². The van der Waals surface area contributed by atoms with E-state index in [0.29, 0.717) is 63.5 Å². The summed E-state index contributed by atoms with van der Waals surface area (Å²) in [4.78, 5) is 56.7. The molecule has 0 aliphatic heterocycles. The van der Waals surface area contributed by atoms with Crippen molar-refractivity contribution in [2.75, 3.05) is 79.3 Å². The molecule has 0 aromatic heterocycles. The maximum Gasteiger partial charge on any atom is 0.399 e. The van der Waals surface area contributed by atoms with Crippen molar-refractivity contribution in [1.29, 1.82) is 0 Å². The van der Waals surface area contributed by atoms with Gasteiger partial charge in [0.05, 0.1) is 75.1 Å². The first-order chi connectivity index (χ1) is 56.8. The smallest absolute Gasteiger partial charge is 0.399 e. The minimum atomic E-state index is -4.68. The SMILES string of the molecule is CCCCCCCCCCCCCCCCOS(=O)(=O)OCC(O)COC(=O)c1cc(C(=O)OCC(O)COS(=O)(=O)OCCCCCCCCCCCCCCCC)c(C(=O)OCC(O)COS(=O)(=O)OCCCCCCCCCCCCCCCC)cc1C(=O)OCC(O)COS(=O)(=O)OCCCCCCCCCCCCCCCC. The number of carbonyl (C=O) groups is 4. The fourth-order valence-corrected chi connectivity index (χ4v) is 15.9. The molecule has 4 N–H and O–H groups in total. The van der Waals surface area contributed by atoms with Crippen LogP contribution in [0.3, 0.4) is 0 Å². The normalized spacial score (nSPS) is 13.2. The van der Waals surface area contributed by atoms with Gasteiger partial charge in [-0.05, 0) is 37.8 Å². The van der Waals surface area contributed by atoms with Gasteiger partial charge < -0.3 is 39.4 Å². The summed E-state index contributed by atoms with van der Waals surface area (Å²) >= 11 is 0. The standard InChI is InChI=1S/C86H158O28S4/c1-5-9-13-17-21-25-29-33-37-41-45-49-53-57-61-107-115(95,96)111-71-75(87)67-103-83(91)79-65-81(85(93)105-69-77(89)73-113-117(99,100)109-63-59-55-51-47-43-39-35-31-27-23-19-15-11-7-3)82(86(94)106-70-78(90)74-114-118(101,102)110-64-60-56-52-48-44-40-36-32-28-24-20-16-12-8-4)66-80(79)84(92)104-68-76(88)72-112-116(97,98)108-62-58-54-50-46-42-38-34-30-26-22-18-14-10-6-2/h65-66,75-78,87-90H,5-64,67-74H2,1-4H3. The van der Waals surface area contributed by atoms with Gasteiger partial charge in [-0.3, -0.25) is 0 Å². The maximum atomic E-state index is 14.2. The van der Waals surface area contributed by atoms with E-state index in [1.807, 2.05) is 0 Å². The highest BCUT2D eigenvalue weighted by atomic mass is 32.3. The molecule has 0 saturated carbocycles. The Balaban J connectivity index is 3.34. The van der Waals surface area contributed by atoms with E-state index >= 15 is 0 Å². The molecule has 1 rings (SSSR count). The number of carbonyl (C=O) groups excluding carboxylic acids is 4. The number of aliphatic hydroxyl groups is 4. The van der Waals surface area contributed by atoms with Gasteiger partial charge in [0, 0.05) is 0 Å². The second-order valence-corrected chi connectivity index (χ2v) is 36.5. The summed E-state index contributed by atoms with van der Waals surface area (Å²) in [5, 5.41) is 43.3. The van der Waals surface area contributed by atoms with Gasteiger partial charge in [-0.2, -0.15) is 33.7 Å². The highest BCUT2D eigenvalue weighted by Gasteiger charge is 2.32. The molecule has 1 aromatic rings. The average molecular weight is 1770 g/mol. The molecule has 0 saturated heterocycles. The van der Waals surface area contributed by atoms with Crippen molar-refractivity contribution in [3.8, 4) is 0 Å². The van der Waals surface area contributed by atoms with Crippen molar-refractivity contribution in [1.82, 2.24) is 0 Å². The molecule has 0 heterocycles. The third kappa shape index (κ3) is 66.9. The zero-order valence-electron chi connectivity index (χ0n) is 72.8. The second-order valence-electron chi connectivity index (χ2n) is 31.4. The molecular formula is C86H158O28S4. The Kier molecular flexibility index (Phi) is 71.3. The summed E-state index contributed by atoms with van der Waals surface area (Å²) in [5.41, 5.74) is -3.80. The molecule has 118 heavy (non-hydrogen) atoms. The molecular weight excluding hydrogens is 1610 g/mol. The van der Waals surface area contributed by atoms with Crippen molar-refractivity contribution in [3.63, 3.8) is 0 Å². The molecule has 0 fully saturated rings. The highest BCUT2D eigenvalue weighted by molar-refractivity contribution is 7.82. The number of rotatable bonds is 88. The Morgan fingerprint density at radius 1 is 0.212 bits per heavy atom. The van der Waals surface area contributed by atoms with Crippen LogP contribution in [-0.4, -0.2) is 182 Å². The predicted octanol–water partition coefficient (Wildman–Crippen LogP) is 18.8. The van der Waals surface area contributed by atoms with Crippen molar-refractivity contribution in [2.45, 2.75) is 412 Å². The number of esters is 4. The molecule has 0 amide bonds. The lowest BCUT2D eigenvalue weighted by Gasteiger charge is -2.18. The van der Waals surface area contributed by atoms with Crippen LogP contribution in [0.4, 0.5) is 0 Å². The molecule has 28 nitrogen and oxygen atoms in total. The van der Waals surface area contributed by atoms with Crippen LogP contribution in [0.5, 0.6) is 0 Å². The van der Waals surface area contributed by atoms with E-state index in [2.05, 4.69) is 27.7 Å². The first-order valence-electron chi connectivity index (χ1n) is 45.5. The summed E-state index contributed by atoms with van der Waals surface area (Å²) in [6, 6.07) is 1.11. The summed E-state index contributed by atoms with van der Waals surface area (Å²) < 4.78 is 162. The molecule has 1 aromatic carbocycles. The zero-order valence-corrected chi connectivity index (χ0v) is 76.0. The van der Waals surface area contributed by atoms with Gasteiger partial charge in [-0.25, -0.2) is 52.6 Å². The number of aliphatic hydroxyl groups excluding tert-OH is 4. The summed E-state index contributed by atoms with van der Waals surface area (Å²) in [6.45, 7) is -0.352. The van der Waals surface area contributed by atoms with Crippen LogP contribution in [0.1, 0.15) is 429 Å². The lowest BCUT2D eigenvalue weighted by molar-refractivity contribution is 0.00747. The van der Waals surface area contributed by atoms with Crippen LogP contribution < -0.4 is 0 Å². The van der Waals surface area contributed by atoms with Crippen LogP contribution in [0.15, 0.2) is 12.1 Å². The molecule has 4 unspecified atom stereocenters. The van der Waals surface area contributed by atoms with Gasteiger partial charge in [0.15, 0.2) is 0 Å². The third-order valence-corrected chi connectivity index (χ3v) is 23.7. The molecule has 0 bridgehead atoms. The van der Waals surface area contributed by atoms with Crippen LogP contribution in [-0.2, 0) is 94.0 Å². The summed E-state index contributed by atoms with van der Waals surface area (Å²) in [6.07, 6.45) is 52.8. The molecule has 0 radical (unpaired) electrons. The van der Waals surface area contributed by atoms with Gasteiger partial charge in [0.1, 0.15) is 50.8 Å². The zero-order chi connectivity index (χ0) is 86.9. The molecule has 694 valence electrons. The van der Waals surface area contributed by atoms with Gasteiger partial charge in [-0.1, -0.05) is 362 Å². The second kappa shape index (κ2) is 74.8. The minimum absolute atomic E-state index is 0.215. The number of hydrogen-bond acceptors (Lipinski definition) is 28. The molecule has 0 aliphatic rings. The number of hydrogen-bond donors (Lipinski definition) is 4. The van der Waals surface area contributed by atoms with Crippen LogP contribution in [0.25, 0.3) is 0 Å². The van der Waals surface area contributed by atoms with E-state index in [0.717, 1.165) is 103 Å². The Bertz CT molecular complexity index is 2700. The first kappa shape index (κ1) is 112. The third-order valence-electron chi connectivity index (χ3n) is 20.2. The van der Waals surface area contributed by atoms with Gasteiger partial charge >= 0.3 is 65.5 Å². The Morgan fingerprint density at radius 2 is 0.339 bits per heavy atom. The summed E-state index contributed by atoms with van der Waals surface area (Å²) in [7, 11) is -18.7. The number of unbranched alkanes of at least 4 members (excludes halogenated alkanes) is 52. The topological polar surface area (TPSA) is 397 Å². The molecule has 0 spiro atoms. The maximum absolute atomic E-state index is 14.2. The van der Waals surface area contributed by atoms with E-state index in [1.165, 1.54) is 205 Å². The van der Waals surface area contributed by atoms with Crippen LogP contribution in [0.2, 0.25) is 0 Å². The fourth-order valence-electron chi connectivity index (χ4n) is 13.1. The van der Waals surface area contributed by atoms with E-state index in [-0.39, 0.29) is 26.4 Å². The van der Waals surface area contributed by atoms with E-state index < -0.39 is 165 Å². The largest absolute Gasteiger partial charge is 0.459 e. The minimum Gasteiger partial charge on any atom is -0.459 e.